The lowest BCUT2D eigenvalue weighted by Crippen LogP contribution is -2.45. The lowest BCUT2D eigenvalue weighted by atomic mass is 10.1. The second-order valence-electron chi connectivity index (χ2n) is 11.7. The van der Waals surface area contributed by atoms with Crippen LogP contribution in [0, 0.1) is 0 Å². The Morgan fingerprint density at radius 2 is 1.86 bits per heavy atom. The van der Waals surface area contributed by atoms with Crippen molar-refractivity contribution in [3.8, 4) is 11.3 Å². The molecule has 8 nitrogen and oxygen atoms in total. The lowest BCUT2D eigenvalue weighted by Gasteiger charge is -2.38. The number of nitrogens with zero attached hydrogens (tertiary/aromatic N) is 2. The minimum atomic E-state index is -2.03. The molecule has 3 rings (SSSR count). The number of amides is 2. The number of aromatic nitrogens is 2. The minimum Gasteiger partial charge on any atom is -0.444 e. The predicted octanol–water partition coefficient (Wildman–Crippen LogP) is 5.51. The zero-order chi connectivity index (χ0) is 26.2. The molecule has 1 aromatic heterocycles. The fourth-order valence-electron chi connectivity index (χ4n) is 3.88. The Balaban J connectivity index is 1.89. The third-order valence-corrected chi connectivity index (χ3v) is 11.3. The fraction of sp³-hybridized carbons (Fsp3) is 0.577. The van der Waals surface area contributed by atoms with Crippen LogP contribution >= 0.6 is 0 Å². The highest BCUT2D eigenvalue weighted by molar-refractivity contribution is 6.74. The number of imidazole rings is 1. The number of likely N-dealkylation sites (tertiary alicyclic amines) is 1. The van der Waals surface area contributed by atoms with Gasteiger partial charge in [0.25, 0.3) is 5.91 Å². The molecule has 1 saturated heterocycles. The number of hydrogen-bond donors (Lipinski definition) is 2. The Bertz CT molecular complexity index is 1070. The lowest BCUT2D eigenvalue weighted by molar-refractivity contribution is 0.0203. The van der Waals surface area contributed by atoms with Crippen LogP contribution < -0.4 is 5.32 Å². The zero-order valence-corrected chi connectivity index (χ0v) is 23.5. The van der Waals surface area contributed by atoms with Gasteiger partial charge in [-0.3, -0.25) is 9.69 Å². The number of carbonyl (C=O) groups excluding carboxylic acids is 2. The van der Waals surface area contributed by atoms with Crippen LogP contribution in [0.4, 0.5) is 4.79 Å². The van der Waals surface area contributed by atoms with Crippen LogP contribution in [0.25, 0.3) is 11.3 Å². The molecule has 192 valence electrons. The first-order valence-corrected chi connectivity index (χ1v) is 15.1. The van der Waals surface area contributed by atoms with Gasteiger partial charge in [0.2, 0.25) is 0 Å². The summed E-state index contributed by atoms with van der Waals surface area (Å²) in [5.41, 5.74) is 1.60. The van der Waals surface area contributed by atoms with Gasteiger partial charge in [-0.25, -0.2) is 9.78 Å². The molecule has 9 heteroatoms. The smallest absolute Gasteiger partial charge is 0.411 e. The maximum absolute atomic E-state index is 13.2. The molecule has 1 aliphatic rings. The molecule has 0 bridgehead atoms. The summed E-state index contributed by atoms with van der Waals surface area (Å²) in [5.74, 6) is 0.529. The molecule has 1 aliphatic heterocycles. The van der Waals surface area contributed by atoms with E-state index in [4.69, 9.17) is 9.16 Å². The molecule has 2 atom stereocenters. The maximum atomic E-state index is 13.2. The second kappa shape index (κ2) is 9.77. The summed E-state index contributed by atoms with van der Waals surface area (Å²) in [6, 6.07) is 7.05. The number of aromatic amines is 1. The molecule has 2 aromatic rings. The van der Waals surface area contributed by atoms with E-state index in [0.29, 0.717) is 24.4 Å². The topological polar surface area (TPSA) is 96.6 Å². The number of hydrogen-bond acceptors (Lipinski definition) is 5. The van der Waals surface area contributed by atoms with Gasteiger partial charge in [-0.2, -0.15) is 0 Å². The number of carbonyl (C=O) groups is 2. The van der Waals surface area contributed by atoms with Crippen LogP contribution in [-0.2, 0) is 9.16 Å². The van der Waals surface area contributed by atoms with E-state index in [1.807, 2.05) is 39.0 Å². The van der Waals surface area contributed by atoms with Gasteiger partial charge >= 0.3 is 6.09 Å². The number of H-pyrrole nitrogens is 1. The summed E-state index contributed by atoms with van der Waals surface area (Å²) >= 11 is 0. The minimum absolute atomic E-state index is 0.0650. The van der Waals surface area contributed by atoms with Crippen LogP contribution in [0.2, 0.25) is 18.1 Å². The summed E-state index contributed by atoms with van der Waals surface area (Å²) in [5, 5.41) is 2.71. The molecular weight excluding hydrogens is 460 g/mol. The van der Waals surface area contributed by atoms with Crippen molar-refractivity contribution >= 4 is 20.3 Å². The molecule has 2 heterocycles. The first-order chi connectivity index (χ1) is 16.1. The van der Waals surface area contributed by atoms with E-state index in [-0.39, 0.29) is 29.2 Å². The predicted molar refractivity (Wildman–Crippen MR) is 140 cm³/mol. The average molecular weight is 501 g/mol. The van der Waals surface area contributed by atoms with E-state index in [9.17, 15) is 9.59 Å². The average Bonchev–Trinajstić information content (AvgIpc) is 3.38. The molecule has 0 aliphatic carbocycles. The van der Waals surface area contributed by atoms with Crippen LogP contribution in [0.5, 0.6) is 0 Å². The van der Waals surface area contributed by atoms with Crippen molar-refractivity contribution in [1.82, 2.24) is 20.2 Å². The van der Waals surface area contributed by atoms with Gasteiger partial charge in [-0.1, -0.05) is 32.9 Å². The Kier molecular flexibility index (Phi) is 7.52. The third kappa shape index (κ3) is 6.32. The molecule has 2 amide bonds. The SMILES string of the molecule is CNC(=O)c1cccc(-c2cnc([C@@H]3C[C@@H](O[Si](C)(C)C(C)(C)C)CN3C(=O)OC(C)(C)C)[nH]2)c1. The fourth-order valence-corrected chi connectivity index (χ4v) is 5.24. The van der Waals surface area contributed by atoms with Gasteiger partial charge in [0, 0.05) is 31.1 Å². The standard InChI is InChI=1S/C26H40N4O4Si/c1-25(2,3)33-24(32)30-16-19(34-35(8,9)26(4,5)6)14-21(30)22-28-15-20(29-22)17-11-10-12-18(13-17)23(31)27-7/h10-13,15,19,21H,14,16H2,1-9H3,(H,27,31)(H,28,29)/t19-,21+/m1/s1. The molecule has 0 spiro atoms. The molecule has 1 aromatic carbocycles. The van der Waals surface area contributed by atoms with Crippen molar-refractivity contribution in [3.05, 3.63) is 41.9 Å². The number of nitrogens with one attached hydrogen (secondary N) is 2. The van der Waals surface area contributed by atoms with Gasteiger partial charge in [-0.15, -0.1) is 0 Å². The van der Waals surface area contributed by atoms with E-state index < -0.39 is 13.9 Å². The Morgan fingerprint density at radius 1 is 1.17 bits per heavy atom. The molecule has 2 N–H and O–H groups in total. The van der Waals surface area contributed by atoms with Crippen molar-refractivity contribution in [3.63, 3.8) is 0 Å². The largest absolute Gasteiger partial charge is 0.444 e. The van der Waals surface area contributed by atoms with Gasteiger partial charge in [0.1, 0.15) is 11.4 Å². The highest BCUT2D eigenvalue weighted by Gasteiger charge is 2.45. The summed E-state index contributed by atoms with van der Waals surface area (Å²) in [6.07, 6.45) is 1.91. The molecule has 0 unspecified atom stereocenters. The van der Waals surface area contributed by atoms with Crippen molar-refractivity contribution in [2.24, 2.45) is 0 Å². The van der Waals surface area contributed by atoms with E-state index >= 15 is 0 Å². The van der Waals surface area contributed by atoms with Crippen molar-refractivity contribution in [1.29, 1.82) is 0 Å². The molecule has 0 radical (unpaired) electrons. The summed E-state index contributed by atoms with van der Waals surface area (Å²) in [7, 11) is -0.419. The second-order valence-corrected chi connectivity index (χ2v) is 16.5. The number of ether oxygens (including phenoxy) is 1. The van der Waals surface area contributed by atoms with Crippen LogP contribution in [0.1, 0.15) is 70.2 Å². The number of benzene rings is 1. The zero-order valence-electron chi connectivity index (χ0n) is 22.5. The summed E-state index contributed by atoms with van der Waals surface area (Å²) < 4.78 is 12.4. The molecule has 35 heavy (non-hydrogen) atoms. The summed E-state index contributed by atoms with van der Waals surface area (Å²) in [4.78, 5) is 35.0. The molecular formula is C26H40N4O4Si. The van der Waals surface area contributed by atoms with E-state index in [0.717, 1.165) is 11.3 Å². The van der Waals surface area contributed by atoms with Crippen molar-refractivity contribution in [2.75, 3.05) is 13.6 Å². The molecule has 0 saturated carbocycles. The molecule has 1 fully saturated rings. The van der Waals surface area contributed by atoms with Crippen LogP contribution in [0.15, 0.2) is 30.5 Å². The van der Waals surface area contributed by atoms with Crippen molar-refractivity contribution < 1.29 is 18.8 Å². The Morgan fingerprint density at radius 3 is 2.46 bits per heavy atom. The third-order valence-electron chi connectivity index (χ3n) is 6.73. The van der Waals surface area contributed by atoms with Crippen LogP contribution in [-0.4, -0.2) is 60.5 Å². The van der Waals surface area contributed by atoms with Crippen molar-refractivity contribution in [2.45, 2.75) is 83.8 Å². The van der Waals surface area contributed by atoms with Gasteiger partial charge in [-0.05, 0) is 51.0 Å². The van der Waals surface area contributed by atoms with E-state index in [1.165, 1.54) is 0 Å². The first-order valence-electron chi connectivity index (χ1n) is 12.2. The number of rotatable bonds is 5. The Labute approximate surface area is 209 Å². The van der Waals surface area contributed by atoms with Gasteiger partial charge in [0.05, 0.1) is 24.0 Å². The highest BCUT2D eigenvalue weighted by atomic mass is 28.4. The Hall–Kier alpha value is -2.65. The van der Waals surface area contributed by atoms with E-state index in [1.54, 1.807) is 24.2 Å². The normalized spacial score (nSPS) is 19.1. The highest BCUT2D eigenvalue weighted by Crippen LogP contribution is 2.41. The van der Waals surface area contributed by atoms with Gasteiger partial charge < -0.3 is 19.5 Å². The van der Waals surface area contributed by atoms with E-state index in [2.05, 4.69) is 49.1 Å². The van der Waals surface area contributed by atoms with Crippen LogP contribution in [0.3, 0.4) is 0 Å². The van der Waals surface area contributed by atoms with Gasteiger partial charge in [0.15, 0.2) is 8.32 Å². The first kappa shape index (κ1) is 26.9. The maximum Gasteiger partial charge on any atom is 0.411 e. The quantitative estimate of drug-likeness (QED) is 0.528. The monoisotopic (exact) mass is 500 g/mol. The summed E-state index contributed by atoms with van der Waals surface area (Å²) in [6.45, 7) is 17.1.